The summed E-state index contributed by atoms with van der Waals surface area (Å²) in [7, 11) is 0. The predicted octanol–water partition coefficient (Wildman–Crippen LogP) is 5.94. The van der Waals surface area contributed by atoms with Gasteiger partial charge in [0.25, 0.3) is 5.56 Å². The van der Waals surface area contributed by atoms with Crippen LogP contribution in [0.2, 0.25) is 5.02 Å². The topological polar surface area (TPSA) is 53.4 Å². The lowest BCUT2D eigenvalue weighted by Gasteiger charge is -2.14. The number of para-hydroxylation sites is 1. The summed E-state index contributed by atoms with van der Waals surface area (Å²) in [5, 5.41) is 1.22. The molecule has 4 rings (SSSR count). The molecule has 0 unspecified atom stereocenters. The molecule has 0 fully saturated rings. The van der Waals surface area contributed by atoms with Crippen LogP contribution in [-0.2, 0) is 11.3 Å². The van der Waals surface area contributed by atoms with E-state index in [2.05, 4.69) is 26.0 Å². The zero-order valence-electron chi connectivity index (χ0n) is 18.8. The number of ether oxygens (including phenoxy) is 2. The van der Waals surface area contributed by atoms with Gasteiger partial charge in [-0.25, -0.2) is 4.98 Å². The second-order valence-electron chi connectivity index (χ2n) is 8.10. The fourth-order valence-electron chi connectivity index (χ4n) is 3.62. The van der Waals surface area contributed by atoms with E-state index in [1.807, 2.05) is 42.5 Å². The van der Waals surface area contributed by atoms with E-state index in [4.69, 9.17) is 26.1 Å². The third-order valence-electron chi connectivity index (χ3n) is 5.47. The fourth-order valence-corrected chi connectivity index (χ4v) is 3.75. The lowest BCUT2D eigenvalue weighted by Crippen LogP contribution is -2.26. The Balaban J connectivity index is 1.41. The summed E-state index contributed by atoms with van der Waals surface area (Å²) in [5.41, 5.74) is 2.69. The average molecular weight is 463 g/mol. The molecule has 5 nitrogen and oxygen atoms in total. The predicted molar refractivity (Wildman–Crippen MR) is 133 cm³/mol. The van der Waals surface area contributed by atoms with Crippen molar-refractivity contribution in [1.29, 1.82) is 0 Å². The lowest BCUT2D eigenvalue weighted by atomic mass is 10.0. The number of fused-ring (bicyclic) bond motifs is 1. The van der Waals surface area contributed by atoms with Crippen molar-refractivity contribution in [3.63, 3.8) is 0 Å². The normalized spacial score (nSPS) is 11.3. The van der Waals surface area contributed by atoms with E-state index >= 15 is 0 Å². The van der Waals surface area contributed by atoms with Crippen LogP contribution in [-0.4, -0.2) is 29.4 Å². The molecule has 1 aromatic heterocycles. The van der Waals surface area contributed by atoms with Gasteiger partial charge in [0, 0.05) is 10.6 Å². The van der Waals surface area contributed by atoms with Crippen LogP contribution in [0.25, 0.3) is 22.3 Å². The van der Waals surface area contributed by atoms with Gasteiger partial charge in [-0.2, -0.15) is 0 Å². The van der Waals surface area contributed by atoms with Crippen molar-refractivity contribution in [1.82, 2.24) is 9.55 Å². The summed E-state index contributed by atoms with van der Waals surface area (Å²) < 4.78 is 13.2. The Morgan fingerprint density at radius 2 is 1.64 bits per heavy atom. The minimum atomic E-state index is -0.0874. The molecule has 1 heterocycles. The summed E-state index contributed by atoms with van der Waals surface area (Å²) in [4.78, 5) is 17.9. The highest BCUT2D eigenvalue weighted by Gasteiger charge is 2.12. The van der Waals surface area contributed by atoms with Gasteiger partial charge in [-0.05, 0) is 60.0 Å². The van der Waals surface area contributed by atoms with Gasteiger partial charge in [-0.1, -0.05) is 49.7 Å². The molecular formula is C27H27ClN2O3. The van der Waals surface area contributed by atoms with Crippen molar-refractivity contribution in [3.05, 3.63) is 93.7 Å². The number of halogens is 1. The van der Waals surface area contributed by atoms with Crippen molar-refractivity contribution in [2.75, 3.05) is 19.8 Å². The summed E-state index contributed by atoms with van der Waals surface area (Å²) >= 11 is 6.04. The molecule has 0 bridgehead atoms. The first-order valence-corrected chi connectivity index (χ1v) is 11.5. The van der Waals surface area contributed by atoms with Crippen LogP contribution in [0.4, 0.5) is 0 Å². The molecule has 0 saturated carbocycles. The molecule has 0 aliphatic carbocycles. The molecule has 0 atom stereocenters. The Hall–Kier alpha value is -3.15. The van der Waals surface area contributed by atoms with Crippen LogP contribution in [0.1, 0.15) is 25.3 Å². The highest BCUT2D eigenvalue weighted by molar-refractivity contribution is 6.30. The maximum atomic E-state index is 13.2. The van der Waals surface area contributed by atoms with Gasteiger partial charge in [-0.3, -0.25) is 9.36 Å². The number of hydrogen-bond donors (Lipinski definition) is 0. The smallest absolute Gasteiger partial charge is 0.261 e. The minimum absolute atomic E-state index is 0.0874. The Labute approximate surface area is 198 Å². The van der Waals surface area contributed by atoms with E-state index in [-0.39, 0.29) is 5.56 Å². The van der Waals surface area contributed by atoms with E-state index in [1.165, 1.54) is 5.56 Å². The minimum Gasteiger partial charge on any atom is -0.491 e. The third-order valence-corrected chi connectivity index (χ3v) is 5.72. The quantitative estimate of drug-likeness (QED) is 0.289. The van der Waals surface area contributed by atoms with Gasteiger partial charge >= 0.3 is 0 Å². The van der Waals surface area contributed by atoms with Crippen molar-refractivity contribution >= 4 is 22.5 Å². The second-order valence-corrected chi connectivity index (χ2v) is 8.54. The zero-order valence-corrected chi connectivity index (χ0v) is 19.6. The molecule has 6 heteroatoms. The maximum Gasteiger partial charge on any atom is 0.261 e. The Morgan fingerprint density at radius 1 is 0.909 bits per heavy atom. The molecule has 170 valence electrons. The van der Waals surface area contributed by atoms with Crippen molar-refractivity contribution in [2.45, 2.75) is 26.3 Å². The number of rotatable bonds is 9. The molecule has 3 aromatic carbocycles. The van der Waals surface area contributed by atoms with Gasteiger partial charge in [0.2, 0.25) is 0 Å². The molecule has 4 aromatic rings. The highest BCUT2D eigenvalue weighted by atomic mass is 35.5. The van der Waals surface area contributed by atoms with Crippen LogP contribution >= 0.6 is 11.6 Å². The number of hydrogen-bond acceptors (Lipinski definition) is 4. The Morgan fingerprint density at radius 3 is 2.36 bits per heavy atom. The van der Waals surface area contributed by atoms with Crippen molar-refractivity contribution in [2.24, 2.45) is 0 Å². The molecule has 0 radical (unpaired) electrons. The van der Waals surface area contributed by atoms with Gasteiger partial charge in [0.15, 0.2) is 0 Å². The molecule has 0 aliphatic rings. The lowest BCUT2D eigenvalue weighted by molar-refractivity contribution is 0.0940. The van der Waals surface area contributed by atoms with E-state index in [0.29, 0.717) is 54.0 Å². The summed E-state index contributed by atoms with van der Waals surface area (Å²) in [6.07, 6.45) is 0. The molecule has 0 saturated heterocycles. The molecule has 0 N–H and O–H groups in total. The molecule has 0 spiro atoms. The Kier molecular flexibility index (Phi) is 7.43. The van der Waals surface area contributed by atoms with Gasteiger partial charge in [-0.15, -0.1) is 0 Å². The van der Waals surface area contributed by atoms with Gasteiger partial charge in [0.1, 0.15) is 18.2 Å². The summed E-state index contributed by atoms with van der Waals surface area (Å²) in [6, 6.07) is 22.8. The third kappa shape index (κ3) is 5.62. The van der Waals surface area contributed by atoms with Crippen LogP contribution in [0.5, 0.6) is 5.75 Å². The highest BCUT2D eigenvalue weighted by Crippen LogP contribution is 2.21. The largest absolute Gasteiger partial charge is 0.491 e. The molecule has 0 aliphatic heterocycles. The zero-order chi connectivity index (χ0) is 23.2. The van der Waals surface area contributed by atoms with Gasteiger partial charge in [0.05, 0.1) is 30.7 Å². The number of aromatic nitrogens is 2. The second kappa shape index (κ2) is 10.6. The van der Waals surface area contributed by atoms with E-state index in [9.17, 15) is 4.79 Å². The first-order valence-electron chi connectivity index (χ1n) is 11.1. The van der Waals surface area contributed by atoms with E-state index < -0.39 is 0 Å². The maximum absolute atomic E-state index is 13.2. The molecule has 33 heavy (non-hydrogen) atoms. The van der Waals surface area contributed by atoms with Crippen LogP contribution in [0.15, 0.2) is 77.6 Å². The molecule has 0 amide bonds. The standard InChI is InChI=1S/C27H27ClN2O3/c1-19(2)20-9-13-23(14-10-20)33-18-17-32-16-15-30-26(21-7-11-22(28)12-8-21)29-25-6-4-3-5-24(25)27(30)31/h3-14,19H,15-18H2,1-2H3. The van der Waals surface area contributed by atoms with Crippen LogP contribution in [0.3, 0.4) is 0 Å². The van der Waals surface area contributed by atoms with Crippen LogP contribution < -0.4 is 10.3 Å². The van der Waals surface area contributed by atoms with E-state index in [1.54, 1.807) is 22.8 Å². The van der Waals surface area contributed by atoms with Crippen molar-refractivity contribution in [3.8, 4) is 17.1 Å². The summed E-state index contributed by atoms with van der Waals surface area (Å²) in [5.74, 6) is 1.91. The molecular weight excluding hydrogens is 436 g/mol. The fraction of sp³-hybridized carbons (Fsp3) is 0.259. The van der Waals surface area contributed by atoms with E-state index in [0.717, 1.165) is 11.3 Å². The SMILES string of the molecule is CC(C)c1ccc(OCCOCCn2c(-c3ccc(Cl)cc3)nc3ccccc3c2=O)cc1. The van der Waals surface area contributed by atoms with Crippen molar-refractivity contribution < 1.29 is 9.47 Å². The Bertz CT molecular complexity index is 1270. The average Bonchev–Trinajstić information content (AvgIpc) is 2.83. The van der Waals surface area contributed by atoms with Gasteiger partial charge < -0.3 is 9.47 Å². The first-order chi connectivity index (χ1) is 16.0. The first kappa shape index (κ1) is 23.0. The van der Waals surface area contributed by atoms with Crippen LogP contribution in [0, 0.1) is 0 Å². The monoisotopic (exact) mass is 462 g/mol. The number of nitrogens with zero attached hydrogens (tertiary/aromatic N) is 2. The summed E-state index contributed by atoms with van der Waals surface area (Å²) in [6.45, 7) is 5.96. The number of benzene rings is 3.